The summed E-state index contributed by atoms with van der Waals surface area (Å²) in [5, 5.41) is 6.67. The number of rotatable bonds is 5. The van der Waals surface area contributed by atoms with Gasteiger partial charge in [0.2, 0.25) is 0 Å². The van der Waals surface area contributed by atoms with Gasteiger partial charge in [0.05, 0.1) is 29.6 Å². The van der Waals surface area contributed by atoms with Crippen LogP contribution < -0.4 is 10.2 Å². The summed E-state index contributed by atoms with van der Waals surface area (Å²) in [7, 11) is 1.42. The van der Waals surface area contributed by atoms with Crippen molar-refractivity contribution in [3.8, 4) is 0 Å². The SMILES string of the molecule is CN=C/C(F)=C(/C)CNC(=O)c1cnn2c1C(=O)N(c1ccc(C(F)(F)F)cc1)CC2C. The summed E-state index contributed by atoms with van der Waals surface area (Å²) >= 11 is 0. The second-order valence-corrected chi connectivity index (χ2v) is 7.36. The van der Waals surface area contributed by atoms with Crippen molar-refractivity contribution in [3.05, 3.63) is 58.7 Å². The van der Waals surface area contributed by atoms with Crippen LogP contribution >= 0.6 is 0 Å². The van der Waals surface area contributed by atoms with E-state index in [9.17, 15) is 27.2 Å². The van der Waals surface area contributed by atoms with E-state index < -0.39 is 29.4 Å². The summed E-state index contributed by atoms with van der Waals surface area (Å²) in [5.41, 5.74) is -0.300. The molecule has 2 amide bonds. The monoisotopic (exact) mass is 451 g/mol. The molecule has 170 valence electrons. The maximum atomic E-state index is 13.7. The first-order chi connectivity index (χ1) is 15.0. The Morgan fingerprint density at radius 3 is 2.56 bits per heavy atom. The summed E-state index contributed by atoms with van der Waals surface area (Å²) in [4.78, 5) is 30.7. The molecular weight excluding hydrogens is 430 g/mol. The van der Waals surface area contributed by atoms with Crippen molar-refractivity contribution in [1.29, 1.82) is 0 Å². The Morgan fingerprint density at radius 1 is 1.31 bits per heavy atom. The number of halogens is 4. The van der Waals surface area contributed by atoms with Gasteiger partial charge in [0.1, 0.15) is 11.5 Å². The van der Waals surface area contributed by atoms with Gasteiger partial charge >= 0.3 is 6.18 Å². The van der Waals surface area contributed by atoms with E-state index in [0.717, 1.165) is 18.3 Å². The van der Waals surface area contributed by atoms with Crippen molar-refractivity contribution in [2.24, 2.45) is 4.99 Å². The Labute approximate surface area is 181 Å². The summed E-state index contributed by atoms with van der Waals surface area (Å²) in [6.07, 6.45) is -2.22. The van der Waals surface area contributed by atoms with Crippen LogP contribution in [0.15, 0.2) is 46.9 Å². The molecule has 0 fully saturated rings. The van der Waals surface area contributed by atoms with Crippen LogP contribution in [0.2, 0.25) is 0 Å². The number of allylic oxidation sites excluding steroid dienone is 1. The molecule has 1 unspecified atom stereocenters. The maximum Gasteiger partial charge on any atom is 0.416 e. The zero-order chi connectivity index (χ0) is 23.6. The van der Waals surface area contributed by atoms with E-state index in [4.69, 9.17) is 0 Å². The highest BCUT2D eigenvalue weighted by Crippen LogP contribution is 2.32. The molecule has 0 saturated heterocycles. The van der Waals surface area contributed by atoms with Gasteiger partial charge in [0.25, 0.3) is 11.8 Å². The lowest BCUT2D eigenvalue weighted by Crippen LogP contribution is -2.43. The van der Waals surface area contributed by atoms with Crippen LogP contribution in [0.1, 0.15) is 46.3 Å². The van der Waals surface area contributed by atoms with Crippen LogP contribution in [0, 0.1) is 0 Å². The van der Waals surface area contributed by atoms with Crippen molar-refractivity contribution >= 4 is 23.7 Å². The number of aliphatic imine (C=N–C) groups is 1. The van der Waals surface area contributed by atoms with Gasteiger partial charge in [-0.25, -0.2) is 4.39 Å². The van der Waals surface area contributed by atoms with Crippen molar-refractivity contribution in [1.82, 2.24) is 15.1 Å². The maximum absolute atomic E-state index is 13.7. The fraction of sp³-hybridized carbons (Fsp3) is 0.333. The lowest BCUT2D eigenvalue weighted by atomic mass is 10.1. The van der Waals surface area contributed by atoms with E-state index in [2.05, 4.69) is 15.4 Å². The molecule has 1 N–H and O–H groups in total. The first kappa shape index (κ1) is 23.2. The van der Waals surface area contributed by atoms with Gasteiger partial charge < -0.3 is 10.2 Å². The molecule has 1 aliphatic heterocycles. The molecule has 32 heavy (non-hydrogen) atoms. The van der Waals surface area contributed by atoms with Gasteiger partial charge in [-0.2, -0.15) is 18.3 Å². The molecule has 7 nitrogen and oxygen atoms in total. The number of hydrogen-bond acceptors (Lipinski definition) is 4. The minimum Gasteiger partial charge on any atom is -0.348 e. The minimum atomic E-state index is -4.49. The fourth-order valence-electron chi connectivity index (χ4n) is 3.30. The third-order valence-corrected chi connectivity index (χ3v) is 5.02. The molecule has 0 saturated carbocycles. The molecule has 3 rings (SSSR count). The number of anilines is 1. The number of amides is 2. The molecule has 2 heterocycles. The molecule has 1 aromatic heterocycles. The number of aromatic nitrogens is 2. The molecular formula is C21H21F4N5O2. The Kier molecular flexibility index (Phi) is 6.47. The van der Waals surface area contributed by atoms with Crippen LogP contribution in [-0.4, -0.2) is 47.9 Å². The van der Waals surface area contributed by atoms with E-state index >= 15 is 0 Å². The average Bonchev–Trinajstić information content (AvgIpc) is 3.20. The molecule has 0 bridgehead atoms. The Bertz CT molecular complexity index is 1090. The number of alkyl halides is 3. The normalized spacial score (nSPS) is 17.4. The van der Waals surface area contributed by atoms with E-state index in [1.54, 1.807) is 6.92 Å². The topological polar surface area (TPSA) is 79.6 Å². The summed E-state index contributed by atoms with van der Waals surface area (Å²) in [6, 6.07) is 3.90. The zero-order valence-corrected chi connectivity index (χ0v) is 17.6. The highest BCUT2D eigenvalue weighted by atomic mass is 19.4. The molecule has 0 radical (unpaired) electrons. The number of benzene rings is 1. The molecule has 0 spiro atoms. The molecule has 2 aromatic rings. The predicted octanol–water partition coefficient (Wildman–Crippen LogP) is 3.80. The largest absolute Gasteiger partial charge is 0.416 e. The first-order valence-corrected chi connectivity index (χ1v) is 9.66. The Balaban J connectivity index is 1.86. The highest BCUT2D eigenvalue weighted by molar-refractivity contribution is 6.12. The molecule has 1 aromatic carbocycles. The zero-order valence-electron chi connectivity index (χ0n) is 17.6. The third-order valence-electron chi connectivity index (χ3n) is 5.02. The van der Waals surface area contributed by atoms with Crippen molar-refractivity contribution in [3.63, 3.8) is 0 Å². The molecule has 1 aliphatic rings. The second-order valence-electron chi connectivity index (χ2n) is 7.36. The summed E-state index contributed by atoms with van der Waals surface area (Å²) < 4.78 is 53.7. The van der Waals surface area contributed by atoms with Crippen molar-refractivity contribution in [2.75, 3.05) is 25.0 Å². The van der Waals surface area contributed by atoms with E-state index in [1.165, 1.54) is 41.9 Å². The van der Waals surface area contributed by atoms with Crippen LogP contribution in [0.25, 0.3) is 0 Å². The smallest absolute Gasteiger partial charge is 0.348 e. The number of carbonyl (C=O) groups excluding carboxylic acids is 2. The number of nitrogens with one attached hydrogen (secondary N) is 1. The number of nitrogens with zero attached hydrogens (tertiary/aromatic N) is 4. The van der Waals surface area contributed by atoms with E-state index in [-0.39, 0.29) is 41.6 Å². The summed E-state index contributed by atoms with van der Waals surface area (Å²) in [5.74, 6) is -1.77. The van der Waals surface area contributed by atoms with Crippen molar-refractivity contribution in [2.45, 2.75) is 26.1 Å². The quantitative estimate of drug-likeness (QED) is 0.555. The van der Waals surface area contributed by atoms with E-state index in [1.807, 2.05) is 0 Å². The van der Waals surface area contributed by atoms with Crippen LogP contribution in [0.5, 0.6) is 0 Å². The Hall–Kier alpha value is -3.50. The second kappa shape index (κ2) is 8.93. The summed E-state index contributed by atoms with van der Waals surface area (Å²) in [6.45, 7) is 3.33. The molecule has 1 atom stereocenters. The Morgan fingerprint density at radius 2 is 1.97 bits per heavy atom. The minimum absolute atomic E-state index is 0.00386. The highest BCUT2D eigenvalue weighted by Gasteiger charge is 2.36. The number of fused-ring (bicyclic) bond motifs is 1. The van der Waals surface area contributed by atoms with Gasteiger partial charge in [-0.15, -0.1) is 0 Å². The van der Waals surface area contributed by atoms with Gasteiger partial charge in [-0.05, 0) is 43.7 Å². The lowest BCUT2D eigenvalue weighted by Gasteiger charge is -2.32. The first-order valence-electron chi connectivity index (χ1n) is 9.66. The molecule has 11 heteroatoms. The average molecular weight is 451 g/mol. The van der Waals surface area contributed by atoms with E-state index in [0.29, 0.717) is 0 Å². The predicted molar refractivity (Wildman–Crippen MR) is 111 cm³/mol. The molecule has 0 aliphatic carbocycles. The van der Waals surface area contributed by atoms with Crippen LogP contribution in [0.4, 0.5) is 23.2 Å². The standard InChI is InChI=1S/C21H21F4N5O2/c1-12(17(22)10-26-3)8-27-19(31)16-9-28-30-13(2)11-29(20(32)18(16)30)15-6-4-14(5-7-15)21(23,24)25/h4-7,9-10,13H,8,11H2,1-3H3,(H,27,31)/b17-12+,26-10?. The van der Waals surface area contributed by atoms with Crippen LogP contribution in [0.3, 0.4) is 0 Å². The third kappa shape index (κ3) is 4.56. The number of carbonyl (C=O) groups is 2. The van der Waals surface area contributed by atoms with Crippen LogP contribution in [-0.2, 0) is 6.18 Å². The van der Waals surface area contributed by atoms with Gasteiger partial charge in [-0.1, -0.05) is 0 Å². The number of hydrogen-bond donors (Lipinski definition) is 1. The van der Waals surface area contributed by atoms with Crippen molar-refractivity contribution < 1.29 is 27.2 Å². The van der Waals surface area contributed by atoms with Gasteiger partial charge in [0, 0.05) is 25.8 Å². The van der Waals surface area contributed by atoms with Gasteiger partial charge in [0.15, 0.2) is 0 Å². The lowest BCUT2D eigenvalue weighted by molar-refractivity contribution is -0.137. The fourth-order valence-corrected chi connectivity index (χ4v) is 3.30. The van der Waals surface area contributed by atoms with Gasteiger partial charge in [-0.3, -0.25) is 19.3 Å².